The quantitative estimate of drug-likeness (QED) is 0.855. The molecule has 0 fully saturated rings. The summed E-state index contributed by atoms with van der Waals surface area (Å²) in [5, 5.41) is 20.6. The van der Waals surface area contributed by atoms with Crippen molar-refractivity contribution >= 4 is 5.97 Å². The number of benzene rings is 2. The van der Waals surface area contributed by atoms with Crippen LogP contribution in [0.25, 0.3) is 0 Å². The maximum absolute atomic E-state index is 11.6. The van der Waals surface area contributed by atoms with Crippen molar-refractivity contribution < 1.29 is 15.0 Å². The molecule has 0 aromatic heterocycles. The summed E-state index contributed by atoms with van der Waals surface area (Å²) in [6, 6.07) is 17.9. The Labute approximate surface area is 130 Å². The van der Waals surface area contributed by atoms with Crippen LogP contribution in [0.15, 0.2) is 60.7 Å². The van der Waals surface area contributed by atoms with Crippen LogP contribution in [0.4, 0.5) is 0 Å². The van der Waals surface area contributed by atoms with Gasteiger partial charge in [-0.1, -0.05) is 60.4 Å². The van der Waals surface area contributed by atoms with Gasteiger partial charge in [0.25, 0.3) is 0 Å². The molecule has 0 bridgehead atoms. The van der Waals surface area contributed by atoms with Crippen LogP contribution in [0.5, 0.6) is 0 Å². The highest BCUT2D eigenvalue weighted by Crippen LogP contribution is 2.39. The van der Waals surface area contributed by atoms with Gasteiger partial charge in [0, 0.05) is 5.56 Å². The van der Waals surface area contributed by atoms with Crippen LogP contribution in [0.1, 0.15) is 25.0 Å². The summed E-state index contributed by atoms with van der Waals surface area (Å²) in [6.45, 7) is 2.95. The van der Waals surface area contributed by atoms with Gasteiger partial charge >= 0.3 is 5.97 Å². The van der Waals surface area contributed by atoms with E-state index in [-0.39, 0.29) is 0 Å². The summed E-state index contributed by atoms with van der Waals surface area (Å²) in [6.07, 6.45) is 0. The summed E-state index contributed by atoms with van der Waals surface area (Å²) < 4.78 is 0. The van der Waals surface area contributed by atoms with E-state index in [0.717, 1.165) is 5.56 Å². The van der Waals surface area contributed by atoms with Crippen molar-refractivity contribution in [3.8, 4) is 11.8 Å². The summed E-state index contributed by atoms with van der Waals surface area (Å²) in [5.74, 6) is 4.55. The third-order valence-electron chi connectivity index (χ3n) is 3.79. The van der Waals surface area contributed by atoms with Crippen molar-refractivity contribution in [3.63, 3.8) is 0 Å². The molecule has 0 radical (unpaired) electrons. The zero-order valence-corrected chi connectivity index (χ0v) is 12.6. The average Bonchev–Trinajstić information content (AvgIpc) is 2.54. The van der Waals surface area contributed by atoms with E-state index in [2.05, 4.69) is 11.8 Å². The van der Waals surface area contributed by atoms with E-state index in [1.807, 2.05) is 36.4 Å². The molecule has 0 saturated heterocycles. The second kappa shape index (κ2) is 6.05. The fourth-order valence-electron chi connectivity index (χ4n) is 2.11. The molecule has 0 spiro atoms. The lowest BCUT2D eigenvalue weighted by molar-refractivity contribution is -0.159. The predicted octanol–water partition coefficient (Wildman–Crippen LogP) is 3.04. The molecule has 112 valence electrons. The minimum atomic E-state index is -1.80. The molecule has 0 aliphatic carbocycles. The van der Waals surface area contributed by atoms with Crippen LogP contribution in [-0.4, -0.2) is 16.2 Å². The smallest absolute Gasteiger partial charge is 0.313 e. The molecule has 0 heterocycles. The van der Waals surface area contributed by atoms with Gasteiger partial charge in [-0.05, 0) is 31.5 Å². The van der Waals surface area contributed by atoms with Crippen molar-refractivity contribution in [1.82, 2.24) is 0 Å². The van der Waals surface area contributed by atoms with Gasteiger partial charge in [-0.15, -0.1) is 0 Å². The van der Waals surface area contributed by atoms with Crippen molar-refractivity contribution in [1.29, 1.82) is 0 Å². The number of aliphatic hydroxyl groups is 1. The van der Waals surface area contributed by atoms with Gasteiger partial charge in [-0.2, -0.15) is 0 Å². The maximum Gasteiger partial charge on any atom is 0.313 e. The van der Waals surface area contributed by atoms with Gasteiger partial charge in [-0.3, -0.25) is 4.79 Å². The van der Waals surface area contributed by atoms with Crippen LogP contribution in [0, 0.1) is 17.3 Å². The summed E-state index contributed by atoms with van der Waals surface area (Å²) in [5.41, 5.74) is -2.07. The first-order valence-corrected chi connectivity index (χ1v) is 6.97. The normalized spacial score (nSPS) is 13.6. The Morgan fingerprint density at radius 2 is 1.45 bits per heavy atom. The molecule has 0 amide bonds. The highest BCUT2D eigenvalue weighted by molar-refractivity contribution is 5.77. The lowest BCUT2D eigenvalue weighted by Gasteiger charge is -2.35. The first-order chi connectivity index (χ1) is 10.4. The van der Waals surface area contributed by atoms with E-state index in [4.69, 9.17) is 0 Å². The largest absolute Gasteiger partial charge is 0.481 e. The first-order valence-electron chi connectivity index (χ1n) is 6.97. The van der Waals surface area contributed by atoms with E-state index in [1.165, 1.54) is 13.8 Å². The highest BCUT2D eigenvalue weighted by atomic mass is 16.4. The van der Waals surface area contributed by atoms with E-state index in [1.54, 1.807) is 24.3 Å². The van der Waals surface area contributed by atoms with Crippen LogP contribution in [-0.2, 0) is 10.4 Å². The Morgan fingerprint density at radius 3 is 1.95 bits per heavy atom. The molecule has 2 aromatic rings. The Balaban J connectivity index is 2.58. The van der Waals surface area contributed by atoms with Crippen LogP contribution < -0.4 is 0 Å². The third kappa shape index (κ3) is 2.88. The Hall–Kier alpha value is -2.57. The van der Waals surface area contributed by atoms with Gasteiger partial charge < -0.3 is 10.2 Å². The molecular formula is C19H18O3. The molecule has 2 rings (SSSR count). The number of hydrogen-bond donors (Lipinski definition) is 2. The second-order valence-electron chi connectivity index (χ2n) is 5.62. The molecule has 22 heavy (non-hydrogen) atoms. The van der Waals surface area contributed by atoms with Crippen molar-refractivity contribution in [2.75, 3.05) is 0 Å². The Kier molecular flexibility index (Phi) is 4.35. The molecular weight excluding hydrogens is 276 g/mol. The lowest BCUT2D eigenvalue weighted by atomic mass is 9.71. The van der Waals surface area contributed by atoms with Crippen LogP contribution in [0.3, 0.4) is 0 Å². The number of carbonyl (C=O) groups is 1. The third-order valence-corrected chi connectivity index (χ3v) is 3.79. The molecule has 1 unspecified atom stereocenters. The van der Waals surface area contributed by atoms with E-state index in [9.17, 15) is 15.0 Å². The number of carboxylic acid groups (broad SMARTS) is 1. The standard InChI is InChI=1S/C19H18O3/c1-18(2,17(20)21)19(22,16-11-7-4-8-12-16)14-13-15-9-5-3-6-10-15/h3-12,22H,1-2H3,(H,20,21). The topological polar surface area (TPSA) is 57.5 Å². The second-order valence-corrected chi connectivity index (χ2v) is 5.62. The zero-order chi connectivity index (χ0) is 16.2. The van der Waals surface area contributed by atoms with Crippen molar-refractivity contribution in [2.24, 2.45) is 5.41 Å². The van der Waals surface area contributed by atoms with E-state index >= 15 is 0 Å². The molecule has 3 nitrogen and oxygen atoms in total. The maximum atomic E-state index is 11.6. The average molecular weight is 294 g/mol. The number of carboxylic acids is 1. The van der Waals surface area contributed by atoms with Crippen molar-refractivity contribution in [3.05, 3.63) is 71.8 Å². The lowest BCUT2D eigenvalue weighted by Crippen LogP contribution is -2.46. The van der Waals surface area contributed by atoms with Gasteiger partial charge in [0.05, 0.1) is 0 Å². The van der Waals surface area contributed by atoms with Gasteiger partial charge in [-0.25, -0.2) is 0 Å². The SMILES string of the molecule is CC(C)(C(=O)O)C(O)(C#Cc1ccccc1)c1ccccc1. The van der Waals surface area contributed by atoms with Crippen LogP contribution in [0.2, 0.25) is 0 Å². The monoisotopic (exact) mass is 294 g/mol. The van der Waals surface area contributed by atoms with Gasteiger partial charge in [0.2, 0.25) is 0 Å². The highest BCUT2D eigenvalue weighted by Gasteiger charge is 2.49. The molecule has 1 atom stereocenters. The number of rotatable bonds is 3. The van der Waals surface area contributed by atoms with Gasteiger partial charge in [0.15, 0.2) is 5.60 Å². The molecule has 2 N–H and O–H groups in total. The Morgan fingerprint density at radius 1 is 0.955 bits per heavy atom. The fourth-order valence-corrected chi connectivity index (χ4v) is 2.11. The number of hydrogen-bond acceptors (Lipinski definition) is 2. The minimum Gasteiger partial charge on any atom is -0.481 e. The molecule has 2 aromatic carbocycles. The first kappa shape index (κ1) is 15.8. The summed E-state index contributed by atoms with van der Waals surface area (Å²) in [7, 11) is 0. The molecule has 0 saturated carbocycles. The fraction of sp³-hybridized carbons (Fsp3) is 0.211. The predicted molar refractivity (Wildman–Crippen MR) is 85.1 cm³/mol. The van der Waals surface area contributed by atoms with Crippen LogP contribution >= 0.6 is 0 Å². The zero-order valence-electron chi connectivity index (χ0n) is 12.6. The molecule has 3 heteroatoms. The minimum absolute atomic E-state index is 0.464. The van der Waals surface area contributed by atoms with E-state index < -0.39 is 17.0 Å². The summed E-state index contributed by atoms with van der Waals surface area (Å²) in [4.78, 5) is 11.6. The van der Waals surface area contributed by atoms with Crippen molar-refractivity contribution in [2.45, 2.75) is 19.4 Å². The molecule has 0 aliphatic rings. The molecule has 0 aliphatic heterocycles. The van der Waals surface area contributed by atoms with Gasteiger partial charge in [0.1, 0.15) is 5.41 Å². The van der Waals surface area contributed by atoms with E-state index in [0.29, 0.717) is 5.56 Å². The number of aliphatic carboxylic acids is 1. The Bertz CT molecular complexity index is 709. The summed E-state index contributed by atoms with van der Waals surface area (Å²) >= 11 is 0.